The number of hydrogen-bond donors (Lipinski definition) is 0. The number of fused-ring (bicyclic) bond motifs is 2. The summed E-state index contributed by atoms with van der Waals surface area (Å²) in [5, 5.41) is 0. The third-order valence-corrected chi connectivity index (χ3v) is 7.04. The zero-order chi connectivity index (χ0) is 22.1. The number of likely N-dealkylation sites (N-methyl/N-ethyl adjacent to an activating group) is 1. The van der Waals surface area contributed by atoms with Crippen molar-refractivity contribution in [2.24, 2.45) is 0 Å². The Morgan fingerprint density at radius 3 is 2.69 bits per heavy atom. The number of ether oxygens (including phenoxy) is 2. The summed E-state index contributed by atoms with van der Waals surface area (Å²) in [5.74, 6) is 1.74. The average Bonchev–Trinajstić information content (AvgIpc) is 3.31. The number of imidazole rings is 1. The molecule has 2 aromatic rings. The highest BCUT2D eigenvalue weighted by atomic mass is 16.5. The molecule has 5 rings (SSSR count). The smallest absolute Gasteiger partial charge is 0.253 e. The number of aromatic nitrogens is 3. The van der Waals surface area contributed by atoms with E-state index in [0.717, 1.165) is 70.0 Å². The minimum atomic E-state index is -0.510. The van der Waals surface area contributed by atoms with Gasteiger partial charge in [0, 0.05) is 70.0 Å². The van der Waals surface area contributed by atoms with Gasteiger partial charge in [0.1, 0.15) is 11.4 Å². The molecule has 1 atom stereocenters. The molecule has 32 heavy (non-hydrogen) atoms. The zero-order valence-electron chi connectivity index (χ0n) is 18.9. The van der Waals surface area contributed by atoms with E-state index in [1.165, 1.54) is 0 Å². The first-order valence-corrected chi connectivity index (χ1v) is 11.4. The van der Waals surface area contributed by atoms with E-state index in [4.69, 9.17) is 9.47 Å². The zero-order valence-corrected chi connectivity index (χ0v) is 18.9. The van der Waals surface area contributed by atoms with Gasteiger partial charge in [0.15, 0.2) is 6.10 Å². The molecule has 2 aromatic heterocycles. The molecule has 0 saturated carbocycles. The van der Waals surface area contributed by atoms with Crippen molar-refractivity contribution in [2.75, 3.05) is 53.4 Å². The molecule has 0 aliphatic carbocycles. The van der Waals surface area contributed by atoms with Crippen molar-refractivity contribution in [3.05, 3.63) is 42.1 Å². The van der Waals surface area contributed by atoms with Crippen LogP contribution in [0, 0.1) is 0 Å². The van der Waals surface area contributed by atoms with Crippen LogP contribution in [0.15, 0.2) is 30.7 Å². The molecule has 2 fully saturated rings. The number of nitrogens with zero attached hydrogens (tertiary/aromatic N) is 6. The maximum absolute atomic E-state index is 13.3. The van der Waals surface area contributed by atoms with Crippen molar-refractivity contribution in [1.82, 2.24) is 29.2 Å². The highest BCUT2D eigenvalue weighted by molar-refractivity contribution is 5.81. The van der Waals surface area contributed by atoms with E-state index in [-0.39, 0.29) is 5.91 Å². The van der Waals surface area contributed by atoms with E-state index in [2.05, 4.69) is 37.4 Å². The average molecular weight is 441 g/mol. The predicted octanol–water partition coefficient (Wildman–Crippen LogP) is 0.951. The summed E-state index contributed by atoms with van der Waals surface area (Å²) >= 11 is 0. The number of pyridine rings is 1. The molecular weight excluding hydrogens is 408 g/mol. The first kappa shape index (κ1) is 21.4. The van der Waals surface area contributed by atoms with Gasteiger partial charge in [-0.05, 0) is 26.0 Å². The number of carbonyl (C=O) groups excluding carboxylic acids is 1. The molecule has 0 N–H and O–H groups in total. The van der Waals surface area contributed by atoms with Crippen LogP contribution in [0.2, 0.25) is 0 Å². The molecule has 0 radical (unpaired) electrons. The number of piperidine rings is 1. The van der Waals surface area contributed by atoms with E-state index >= 15 is 0 Å². The van der Waals surface area contributed by atoms with Crippen molar-refractivity contribution in [2.45, 2.75) is 37.6 Å². The van der Waals surface area contributed by atoms with Crippen LogP contribution in [-0.4, -0.2) is 94.7 Å². The van der Waals surface area contributed by atoms with Gasteiger partial charge >= 0.3 is 0 Å². The van der Waals surface area contributed by atoms with Crippen molar-refractivity contribution in [1.29, 1.82) is 0 Å². The summed E-state index contributed by atoms with van der Waals surface area (Å²) in [7, 11) is 3.75. The third-order valence-electron chi connectivity index (χ3n) is 7.04. The molecule has 172 valence electrons. The van der Waals surface area contributed by atoms with E-state index in [0.29, 0.717) is 12.4 Å². The third kappa shape index (κ3) is 4.00. The Bertz CT molecular complexity index is 947. The van der Waals surface area contributed by atoms with E-state index in [1.807, 2.05) is 23.4 Å². The molecule has 3 aliphatic heterocycles. The van der Waals surface area contributed by atoms with E-state index < -0.39 is 11.7 Å². The lowest BCUT2D eigenvalue weighted by molar-refractivity contribution is -0.182. The first-order valence-electron chi connectivity index (χ1n) is 11.4. The fourth-order valence-corrected chi connectivity index (χ4v) is 5.14. The number of rotatable bonds is 4. The van der Waals surface area contributed by atoms with Gasteiger partial charge in [-0.1, -0.05) is 6.07 Å². The summed E-state index contributed by atoms with van der Waals surface area (Å²) < 4.78 is 14.2. The van der Waals surface area contributed by atoms with Crippen molar-refractivity contribution in [3.8, 4) is 5.88 Å². The van der Waals surface area contributed by atoms with Gasteiger partial charge in [-0.15, -0.1) is 0 Å². The van der Waals surface area contributed by atoms with Crippen LogP contribution in [0.1, 0.15) is 24.2 Å². The summed E-state index contributed by atoms with van der Waals surface area (Å²) in [6.45, 7) is 6.39. The van der Waals surface area contributed by atoms with Gasteiger partial charge < -0.3 is 23.8 Å². The molecule has 2 saturated heterocycles. The lowest BCUT2D eigenvalue weighted by Gasteiger charge is -2.46. The normalized spacial score (nSPS) is 23.8. The quantitative estimate of drug-likeness (QED) is 0.701. The Kier molecular flexibility index (Phi) is 5.88. The molecule has 1 amide bonds. The maximum Gasteiger partial charge on any atom is 0.253 e. The summed E-state index contributed by atoms with van der Waals surface area (Å²) in [6.07, 6.45) is 6.72. The standard InChI is InChI=1S/C23H32N6O3/c1-26-12-14-28(15-13-26)21(30)19-17-29-11-8-25-22(29)23(32-19)5-9-27(10-6-23)16-18-4-3-7-24-20(18)31-2/h3-4,7-8,11,19H,5-6,9-10,12-17H2,1-2H3. The molecule has 1 spiro atoms. The minimum absolute atomic E-state index is 0.111. The summed E-state index contributed by atoms with van der Waals surface area (Å²) in [6, 6.07) is 4.00. The largest absolute Gasteiger partial charge is 0.481 e. The number of piperazine rings is 1. The second-order valence-corrected chi connectivity index (χ2v) is 9.08. The SMILES string of the molecule is COc1ncccc1CN1CCC2(CC1)OC(C(=O)N1CCN(C)CC1)Cn1ccnc12. The second kappa shape index (κ2) is 8.80. The van der Waals surface area contributed by atoms with Gasteiger partial charge in [-0.3, -0.25) is 9.69 Å². The van der Waals surface area contributed by atoms with Gasteiger partial charge in [-0.2, -0.15) is 0 Å². The molecule has 9 heteroatoms. The molecular formula is C23H32N6O3. The fraction of sp³-hybridized carbons (Fsp3) is 0.609. The Hall–Kier alpha value is -2.49. The Morgan fingerprint density at radius 2 is 1.94 bits per heavy atom. The lowest BCUT2D eigenvalue weighted by atomic mass is 9.88. The molecule has 0 bridgehead atoms. The van der Waals surface area contributed by atoms with E-state index in [9.17, 15) is 4.79 Å². The van der Waals surface area contributed by atoms with Crippen LogP contribution in [0.25, 0.3) is 0 Å². The fourth-order valence-electron chi connectivity index (χ4n) is 5.14. The van der Waals surface area contributed by atoms with Crippen LogP contribution < -0.4 is 4.74 Å². The van der Waals surface area contributed by atoms with E-state index in [1.54, 1.807) is 13.3 Å². The number of carbonyl (C=O) groups is 1. The van der Waals surface area contributed by atoms with Crippen LogP contribution in [0.5, 0.6) is 5.88 Å². The Morgan fingerprint density at radius 1 is 1.16 bits per heavy atom. The number of likely N-dealkylation sites (tertiary alicyclic amines) is 1. The van der Waals surface area contributed by atoms with Crippen LogP contribution in [0.4, 0.5) is 0 Å². The van der Waals surface area contributed by atoms with Gasteiger partial charge in [0.2, 0.25) is 5.88 Å². The predicted molar refractivity (Wildman–Crippen MR) is 118 cm³/mol. The maximum atomic E-state index is 13.3. The summed E-state index contributed by atoms with van der Waals surface area (Å²) in [5.41, 5.74) is 0.574. The molecule has 3 aliphatic rings. The minimum Gasteiger partial charge on any atom is -0.481 e. The number of methoxy groups -OCH3 is 1. The topological polar surface area (TPSA) is 76.0 Å². The van der Waals surface area contributed by atoms with Crippen molar-refractivity contribution in [3.63, 3.8) is 0 Å². The molecule has 5 heterocycles. The van der Waals surface area contributed by atoms with Crippen LogP contribution in [-0.2, 0) is 28.2 Å². The van der Waals surface area contributed by atoms with Gasteiger partial charge in [-0.25, -0.2) is 9.97 Å². The molecule has 0 aromatic carbocycles. The van der Waals surface area contributed by atoms with Crippen molar-refractivity contribution >= 4 is 5.91 Å². The number of hydrogen-bond acceptors (Lipinski definition) is 7. The highest BCUT2D eigenvalue weighted by Gasteiger charge is 2.47. The lowest BCUT2D eigenvalue weighted by Crippen LogP contribution is -2.56. The monoisotopic (exact) mass is 440 g/mol. The Labute approximate surface area is 188 Å². The second-order valence-electron chi connectivity index (χ2n) is 9.08. The van der Waals surface area contributed by atoms with Crippen LogP contribution in [0.3, 0.4) is 0 Å². The first-order chi connectivity index (χ1) is 15.6. The number of amides is 1. The molecule has 1 unspecified atom stereocenters. The Balaban J connectivity index is 1.29. The van der Waals surface area contributed by atoms with Gasteiger partial charge in [0.25, 0.3) is 5.91 Å². The van der Waals surface area contributed by atoms with Crippen molar-refractivity contribution < 1.29 is 14.3 Å². The highest BCUT2D eigenvalue weighted by Crippen LogP contribution is 2.40. The summed E-state index contributed by atoms with van der Waals surface area (Å²) in [4.78, 5) is 28.9. The van der Waals surface area contributed by atoms with Crippen LogP contribution >= 0.6 is 0 Å². The molecule has 9 nitrogen and oxygen atoms in total. The van der Waals surface area contributed by atoms with Gasteiger partial charge in [0.05, 0.1) is 13.7 Å².